The molecular formula is C20H22N2O5. The van der Waals surface area contributed by atoms with Gasteiger partial charge in [-0.3, -0.25) is 14.4 Å². The van der Waals surface area contributed by atoms with Crippen LogP contribution in [0.4, 0.5) is 5.69 Å². The molecule has 0 radical (unpaired) electrons. The number of carboxylic acid groups (broad SMARTS) is 1. The molecule has 27 heavy (non-hydrogen) atoms. The third-order valence-corrected chi connectivity index (χ3v) is 3.69. The first-order valence-corrected chi connectivity index (χ1v) is 8.64. The Morgan fingerprint density at radius 1 is 0.926 bits per heavy atom. The van der Waals surface area contributed by atoms with Crippen LogP contribution in [0.5, 0.6) is 5.75 Å². The van der Waals surface area contributed by atoms with Gasteiger partial charge in [0, 0.05) is 16.8 Å². The topological polar surface area (TPSA) is 105 Å². The molecule has 2 aromatic rings. The van der Waals surface area contributed by atoms with Gasteiger partial charge in [-0.2, -0.15) is 0 Å². The third-order valence-electron chi connectivity index (χ3n) is 3.69. The Morgan fingerprint density at radius 2 is 1.52 bits per heavy atom. The Bertz CT molecular complexity index is 785. The summed E-state index contributed by atoms with van der Waals surface area (Å²) in [5, 5.41) is 13.6. The Hall–Kier alpha value is -3.35. The summed E-state index contributed by atoms with van der Waals surface area (Å²) in [4.78, 5) is 34.5. The molecule has 0 spiro atoms. The predicted molar refractivity (Wildman–Crippen MR) is 101 cm³/mol. The van der Waals surface area contributed by atoms with Gasteiger partial charge in [0.2, 0.25) is 0 Å². The van der Waals surface area contributed by atoms with Crippen molar-refractivity contribution in [2.75, 3.05) is 18.5 Å². The summed E-state index contributed by atoms with van der Waals surface area (Å²) in [7, 11) is 0. The number of carbonyl (C=O) groups is 3. The van der Waals surface area contributed by atoms with Crippen LogP contribution in [0.1, 0.15) is 40.5 Å². The van der Waals surface area contributed by atoms with E-state index in [-0.39, 0.29) is 5.91 Å². The van der Waals surface area contributed by atoms with Gasteiger partial charge in [0.1, 0.15) is 12.3 Å². The number of unbranched alkanes of at least 4 members (excludes halogenated alkanes) is 1. The fourth-order valence-electron chi connectivity index (χ4n) is 2.20. The number of carboxylic acids is 1. The number of benzene rings is 2. The van der Waals surface area contributed by atoms with E-state index in [1.165, 1.54) is 12.1 Å². The van der Waals surface area contributed by atoms with Crippen LogP contribution in [0, 0.1) is 0 Å². The lowest BCUT2D eigenvalue weighted by atomic mass is 10.1. The average Bonchev–Trinajstić information content (AvgIpc) is 2.67. The maximum absolute atomic E-state index is 12.3. The lowest BCUT2D eigenvalue weighted by molar-refractivity contribution is -0.135. The van der Waals surface area contributed by atoms with Crippen LogP contribution in [-0.4, -0.2) is 36.0 Å². The molecule has 0 heterocycles. The van der Waals surface area contributed by atoms with E-state index in [0.29, 0.717) is 23.4 Å². The van der Waals surface area contributed by atoms with Crippen LogP contribution in [-0.2, 0) is 4.79 Å². The van der Waals surface area contributed by atoms with Gasteiger partial charge in [-0.25, -0.2) is 0 Å². The number of aliphatic carboxylic acids is 1. The van der Waals surface area contributed by atoms with Crippen molar-refractivity contribution in [2.24, 2.45) is 0 Å². The first-order chi connectivity index (χ1) is 13.0. The molecule has 0 atom stereocenters. The van der Waals surface area contributed by atoms with Crippen LogP contribution >= 0.6 is 0 Å². The van der Waals surface area contributed by atoms with Gasteiger partial charge in [-0.15, -0.1) is 0 Å². The zero-order chi connectivity index (χ0) is 19.6. The summed E-state index contributed by atoms with van der Waals surface area (Å²) < 4.78 is 5.56. The summed E-state index contributed by atoms with van der Waals surface area (Å²) >= 11 is 0. The number of hydrogen-bond donors (Lipinski definition) is 3. The molecule has 2 aromatic carbocycles. The van der Waals surface area contributed by atoms with Crippen molar-refractivity contribution in [3.63, 3.8) is 0 Å². The highest BCUT2D eigenvalue weighted by Crippen LogP contribution is 2.15. The molecule has 2 rings (SSSR count). The number of carbonyl (C=O) groups excluding carboxylic acids is 2. The molecule has 0 saturated heterocycles. The normalized spacial score (nSPS) is 10.1. The van der Waals surface area contributed by atoms with E-state index in [2.05, 4.69) is 17.6 Å². The van der Waals surface area contributed by atoms with Gasteiger partial charge < -0.3 is 20.5 Å². The zero-order valence-corrected chi connectivity index (χ0v) is 15.0. The lowest BCUT2D eigenvalue weighted by Gasteiger charge is -2.08. The van der Waals surface area contributed by atoms with Crippen molar-refractivity contribution in [2.45, 2.75) is 19.8 Å². The van der Waals surface area contributed by atoms with Crippen molar-refractivity contribution < 1.29 is 24.2 Å². The first kappa shape index (κ1) is 20.0. The van der Waals surface area contributed by atoms with Crippen LogP contribution in [0.15, 0.2) is 48.5 Å². The van der Waals surface area contributed by atoms with E-state index in [1.807, 2.05) is 0 Å². The molecule has 7 nitrogen and oxygen atoms in total. The number of anilines is 1. The van der Waals surface area contributed by atoms with Crippen molar-refractivity contribution in [3.8, 4) is 5.75 Å². The van der Waals surface area contributed by atoms with Crippen molar-refractivity contribution in [3.05, 3.63) is 59.7 Å². The summed E-state index contributed by atoms with van der Waals surface area (Å²) in [5.74, 6) is -1.17. The molecule has 0 aromatic heterocycles. The largest absolute Gasteiger partial charge is 0.494 e. The molecule has 0 aliphatic rings. The molecule has 3 N–H and O–H groups in total. The minimum absolute atomic E-state index is 0.279. The summed E-state index contributed by atoms with van der Waals surface area (Å²) in [6, 6.07) is 13.1. The van der Waals surface area contributed by atoms with Gasteiger partial charge in [0.15, 0.2) is 0 Å². The fraction of sp³-hybridized carbons (Fsp3) is 0.250. The Labute approximate surface area is 157 Å². The predicted octanol–water partition coefficient (Wildman–Crippen LogP) is 2.93. The maximum atomic E-state index is 12.3. The molecule has 142 valence electrons. The van der Waals surface area contributed by atoms with Crippen LogP contribution in [0.2, 0.25) is 0 Å². The number of hydrogen-bond acceptors (Lipinski definition) is 4. The minimum atomic E-state index is -1.12. The van der Waals surface area contributed by atoms with Crippen molar-refractivity contribution >= 4 is 23.5 Å². The molecule has 7 heteroatoms. The van der Waals surface area contributed by atoms with Gasteiger partial charge in [0.05, 0.1) is 6.61 Å². The monoisotopic (exact) mass is 370 g/mol. The van der Waals surface area contributed by atoms with Gasteiger partial charge in [-0.1, -0.05) is 13.3 Å². The second-order valence-electron chi connectivity index (χ2n) is 5.83. The lowest BCUT2D eigenvalue weighted by Crippen LogP contribution is -2.29. The molecular weight excluding hydrogens is 348 g/mol. The van der Waals surface area contributed by atoms with E-state index >= 15 is 0 Å². The number of amides is 2. The average molecular weight is 370 g/mol. The van der Waals surface area contributed by atoms with Gasteiger partial charge in [-0.05, 0) is 55.0 Å². The van der Waals surface area contributed by atoms with Crippen molar-refractivity contribution in [1.29, 1.82) is 0 Å². The zero-order valence-electron chi connectivity index (χ0n) is 15.0. The van der Waals surface area contributed by atoms with Crippen molar-refractivity contribution in [1.82, 2.24) is 5.32 Å². The van der Waals surface area contributed by atoms with E-state index in [1.54, 1.807) is 36.4 Å². The van der Waals surface area contributed by atoms with Gasteiger partial charge in [0.25, 0.3) is 11.8 Å². The standard InChI is InChI=1S/C20H22N2O5/c1-2-3-12-27-17-10-6-15(7-11-17)20(26)22-16-8-4-14(5-9-16)19(25)21-13-18(23)24/h4-11H,2-3,12-13H2,1H3,(H,21,25)(H,22,26)(H,23,24). The first-order valence-electron chi connectivity index (χ1n) is 8.64. The second kappa shape index (κ2) is 9.96. The molecule has 0 fully saturated rings. The number of nitrogens with one attached hydrogen (secondary N) is 2. The molecule has 0 saturated carbocycles. The second-order valence-corrected chi connectivity index (χ2v) is 5.83. The molecule has 0 bridgehead atoms. The highest BCUT2D eigenvalue weighted by molar-refractivity contribution is 6.04. The van der Waals surface area contributed by atoms with E-state index in [9.17, 15) is 14.4 Å². The van der Waals surface area contributed by atoms with E-state index in [0.717, 1.165) is 18.6 Å². The highest BCUT2D eigenvalue weighted by atomic mass is 16.5. The van der Waals surface area contributed by atoms with Gasteiger partial charge >= 0.3 is 5.97 Å². The molecule has 2 amide bonds. The summed E-state index contributed by atoms with van der Waals surface area (Å²) in [6.45, 7) is 2.29. The quantitative estimate of drug-likeness (QED) is 0.589. The smallest absolute Gasteiger partial charge is 0.322 e. The fourth-order valence-corrected chi connectivity index (χ4v) is 2.20. The summed E-state index contributed by atoms with van der Waals surface area (Å²) in [6.07, 6.45) is 2.03. The molecule has 0 aliphatic carbocycles. The SMILES string of the molecule is CCCCOc1ccc(C(=O)Nc2ccc(C(=O)NCC(=O)O)cc2)cc1. The van der Waals surface area contributed by atoms with E-state index in [4.69, 9.17) is 9.84 Å². The third kappa shape index (κ3) is 6.47. The maximum Gasteiger partial charge on any atom is 0.322 e. The number of rotatable bonds is 9. The summed E-state index contributed by atoms with van der Waals surface area (Å²) in [5.41, 5.74) is 1.32. The minimum Gasteiger partial charge on any atom is -0.494 e. The Balaban J connectivity index is 1.91. The molecule has 0 unspecified atom stereocenters. The Kier molecular flexibility index (Phi) is 7.37. The van der Waals surface area contributed by atoms with Crippen LogP contribution in [0.25, 0.3) is 0 Å². The Morgan fingerprint density at radius 3 is 2.11 bits per heavy atom. The number of ether oxygens (including phenoxy) is 1. The van der Waals surface area contributed by atoms with Crippen LogP contribution < -0.4 is 15.4 Å². The van der Waals surface area contributed by atoms with Crippen LogP contribution in [0.3, 0.4) is 0 Å². The molecule has 0 aliphatic heterocycles. The van der Waals surface area contributed by atoms with E-state index < -0.39 is 18.4 Å². The highest BCUT2D eigenvalue weighted by Gasteiger charge is 2.09.